The Labute approximate surface area is 109 Å². The molecule has 0 saturated carbocycles. The maximum absolute atomic E-state index is 11.7. The molecule has 1 rings (SSSR count). The fraction of sp³-hybridized carbons (Fsp3) is 0.250. The van der Waals surface area contributed by atoms with E-state index in [0.717, 1.165) is 4.47 Å². The van der Waals surface area contributed by atoms with E-state index in [4.69, 9.17) is 11.6 Å². The zero-order valence-corrected chi connectivity index (χ0v) is 11.2. The van der Waals surface area contributed by atoms with E-state index >= 15 is 0 Å². The minimum absolute atomic E-state index is 0.177. The number of benzene rings is 1. The third-order valence-electron chi connectivity index (χ3n) is 1.91. The van der Waals surface area contributed by atoms with Crippen molar-refractivity contribution in [1.29, 1.82) is 0 Å². The molecule has 84 valence electrons. The third kappa shape index (κ3) is 3.55. The van der Waals surface area contributed by atoms with Gasteiger partial charge in [-0.2, -0.15) is 0 Å². The molecule has 0 aliphatic carbocycles. The zero-order valence-electron chi connectivity index (χ0n) is 8.81. The van der Waals surface area contributed by atoms with Gasteiger partial charge in [0, 0.05) is 17.4 Å². The Balaban J connectivity index is 2.65. The second-order valence-electron chi connectivity index (χ2n) is 3.03. The number of amides is 1. The van der Waals surface area contributed by atoms with Gasteiger partial charge >= 0.3 is 0 Å². The van der Waals surface area contributed by atoms with Gasteiger partial charge in [-0.15, -0.1) is 11.8 Å². The lowest BCUT2D eigenvalue weighted by Gasteiger charge is -2.06. The van der Waals surface area contributed by atoms with Crippen LogP contribution in [0.15, 0.2) is 22.7 Å². The molecule has 0 aromatic heterocycles. The first-order valence-electron chi connectivity index (χ1n) is 4.78. The first-order valence-corrected chi connectivity index (χ1v) is 5.95. The zero-order chi connectivity index (χ0) is 12.0. The summed E-state index contributed by atoms with van der Waals surface area (Å²) in [6.45, 7) is 2.30. The summed E-state index contributed by atoms with van der Waals surface area (Å²) < 4.78 is 0.718. The highest BCUT2D eigenvalue weighted by atomic mass is 79.9. The molecule has 0 aliphatic heterocycles. The largest absolute Gasteiger partial charge is 0.351 e. The molecule has 0 aliphatic rings. The number of nitrogens with one attached hydrogen (secondary N) is 1. The number of halogens is 2. The van der Waals surface area contributed by atoms with E-state index in [0.29, 0.717) is 23.6 Å². The Morgan fingerprint density at radius 2 is 2.31 bits per heavy atom. The molecule has 1 N–H and O–H groups in total. The van der Waals surface area contributed by atoms with Crippen LogP contribution >= 0.6 is 27.5 Å². The molecule has 0 bridgehead atoms. The number of rotatable bonds is 3. The summed E-state index contributed by atoms with van der Waals surface area (Å²) in [4.78, 5) is 11.7. The highest BCUT2D eigenvalue weighted by Crippen LogP contribution is 2.25. The monoisotopic (exact) mass is 299 g/mol. The average Bonchev–Trinajstić information content (AvgIpc) is 2.28. The van der Waals surface area contributed by atoms with Crippen molar-refractivity contribution in [3.63, 3.8) is 0 Å². The molecule has 4 heteroatoms. The molecule has 0 atom stereocenters. The van der Waals surface area contributed by atoms with Crippen LogP contribution < -0.4 is 5.32 Å². The number of hydrogen-bond acceptors (Lipinski definition) is 1. The standard InChI is InChI=1S/C12H11BrClNO/c1-2-3-4-8-15-12(16)9-6-5-7-10(13)11(9)14/h5-7H,4,8H2,1H3,(H,15,16). The minimum atomic E-state index is -0.177. The molecule has 0 radical (unpaired) electrons. The smallest absolute Gasteiger partial charge is 0.252 e. The third-order valence-corrected chi connectivity index (χ3v) is 3.20. The summed E-state index contributed by atoms with van der Waals surface area (Å²) in [5.74, 6) is 5.46. The first-order chi connectivity index (χ1) is 7.66. The van der Waals surface area contributed by atoms with Gasteiger partial charge in [-0.1, -0.05) is 17.7 Å². The highest BCUT2D eigenvalue weighted by Gasteiger charge is 2.10. The van der Waals surface area contributed by atoms with Gasteiger partial charge in [0.15, 0.2) is 0 Å². The lowest BCUT2D eigenvalue weighted by atomic mass is 10.2. The van der Waals surface area contributed by atoms with Crippen LogP contribution in [-0.4, -0.2) is 12.5 Å². The Hall–Kier alpha value is -0.980. The normalized spacial score (nSPS) is 9.19. The van der Waals surface area contributed by atoms with Gasteiger partial charge in [0.25, 0.3) is 5.91 Å². The molecule has 16 heavy (non-hydrogen) atoms. The van der Waals surface area contributed by atoms with Crippen LogP contribution in [0, 0.1) is 11.8 Å². The molecular formula is C12H11BrClNO. The topological polar surface area (TPSA) is 29.1 Å². The van der Waals surface area contributed by atoms with Crippen molar-refractivity contribution in [3.05, 3.63) is 33.3 Å². The van der Waals surface area contributed by atoms with Gasteiger partial charge in [-0.25, -0.2) is 0 Å². The van der Waals surface area contributed by atoms with E-state index in [1.807, 2.05) is 0 Å². The Bertz CT molecular complexity index is 448. The quantitative estimate of drug-likeness (QED) is 0.674. The van der Waals surface area contributed by atoms with Crippen molar-refractivity contribution in [2.24, 2.45) is 0 Å². The Kier molecular flexibility index (Phi) is 5.37. The summed E-state index contributed by atoms with van der Waals surface area (Å²) in [6, 6.07) is 5.26. The van der Waals surface area contributed by atoms with Gasteiger partial charge < -0.3 is 5.32 Å². The molecule has 0 heterocycles. The highest BCUT2D eigenvalue weighted by molar-refractivity contribution is 9.10. The Morgan fingerprint density at radius 3 is 3.00 bits per heavy atom. The molecule has 0 unspecified atom stereocenters. The van der Waals surface area contributed by atoms with Crippen molar-refractivity contribution in [2.45, 2.75) is 13.3 Å². The molecule has 0 spiro atoms. The summed E-state index contributed by atoms with van der Waals surface area (Å²) in [6.07, 6.45) is 0.647. The molecule has 1 aromatic carbocycles. The van der Waals surface area contributed by atoms with Crippen LogP contribution in [0.1, 0.15) is 23.7 Å². The van der Waals surface area contributed by atoms with Crippen molar-refractivity contribution in [2.75, 3.05) is 6.54 Å². The fourth-order valence-electron chi connectivity index (χ4n) is 1.14. The minimum Gasteiger partial charge on any atom is -0.351 e. The molecule has 2 nitrogen and oxygen atoms in total. The van der Waals surface area contributed by atoms with Gasteiger partial charge in [-0.05, 0) is 35.0 Å². The van der Waals surface area contributed by atoms with E-state index in [1.165, 1.54) is 0 Å². The van der Waals surface area contributed by atoms with Crippen LogP contribution in [-0.2, 0) is 0 Å². The van der Waals surface area contributed by atoms with E-state index in [-0.39, 0.29) is 5.91 Å². The van der Waals surface area contributed by atoms with E-state index in [2.05, 4.69) is 33.1 Å². The number of carbonyl (C=O) groups excluding carboxylic acids is 1. The first kappa shape index (κ1) is 13.1. The maximum atomic E-state index is 11.7. The summed E-state index contributed by atoms with van der Waals surface area (Å²) in [7, 11) is 0. The van der Waals surface area contributed by atoms with E-state index in [1.54, 1.807) is 25.1 Å². The number of carbonyl (C=O) groups is 1. The van der Waals surface area contributed by atoms with Crippen molar-refractivity contribution < 1.29 is 4.79 Å². The van der Waals surface area contributed by atoms with Gasteiger partial charge in [0.05, 0.1) is 10.6 Å². The van der Waals surface area contributed by atoms with Gasteiger partial charge in [0.2, 0.25) is 0 Å². The fourth-order valence-corrected chi connectivity index (χ4v) is 1.72. The summed E-state index contributed by atoms with van der Waals surface area (Å²) in [5.41, 5.74) is 0.473. The van der Waals surface area contributed by atoms with Crippen LogP contribution in [0.2, 0.25) is 5.02 Å². The molecule has 1 amide bonds. The Morgan fingerprint density at radius 1 is 1.56 bits per heavy atom. The lowest BCUT2D eigenvalue weighted by Crippen LogP contribution is -2.24. The molecule has 1 aromatic rings. The van der Waals surface area contributed by atoms with Crippen molar-refractivity contribution in [1.82, 2.24) is 5.32 Å². The summed E-state index contributed by atoms with van der Waals surface area (Å²) in [5, 5.41) is 3.19. The van der Waals surface area contributed by atoms with Crippen molar-refractivity contribution in [3.8, 4) is 11.8 Å². The molecular weight excluding hydrogens is 289 g/mol. The second-order valence-corrected chi connectivity index (χ2v) is 4.27. The van der Waals surface area contributed by atoms with E-state index in [9.17, 15) is 4.79 Å². The predicted octanol–water partition coefficient (Wildman–Crippen LogP) is 3.25. The summed E-state index contributed by atoms with van der Waals surface area (Å²) >= 11 is 9.27. The van der Waals surface area contributed by atoms with Crippen molar-refractivity contribution >= 4 is 33.4 Å². The predicted molar refractivity (Wildman–Crippen MR) is 69.6 cm³/mol. The van der Waals surface area contributed by atoms with Gasteiger partial charge in [-0.3, -0.25) is 4.79 Å². The van der Waals surface area contributed by atoms with E-state index < -0.39 is 0 Å². The lowest BCUT2D eigenvalue weighted by molar-refractivity contribution is 0.0954. The second kappa shape index (κ2) is 6.57. The van der Waals surface area contributed by atoms with Gasteiger partial charge in [0.1, 0.15) is 0 Å². The van der Waals surface area contributed by atoms with Crippen LogP contribution in [0.3, 0.4) is 0 Å². The number of hydrogen-bond donors (Lipinski definition) is 1. The average molecular weight is 301 g/mol. The van der Waals surface area contributed by atoms with Crippen LogP contribution in [0.25, 0.3) is 0 Å². The molecule has 0 saturated heterocycles. The van der Waals surface area contributed by atoms with Crippen LogP contribution in [0.4, 0.5) is 0 Å². The SMILES string of the molecule is CC#CCCNC(=O)c1cccc(Br)c1Cl. The maximum Gasteiger partial charge on any atom is 0.252 e. The van der Waals surface area contributed by atoms with Crippen LogP contribution in [0.5, 0.6) is 0 Å². The molecule has 0 fully saturated rings.